The normalized spacial score (nSPS) is 10.8. The third-order valence-electron chi connectivity index (χ3n) is 2.87. The fraction of sp³-hybridized carbons (Fsp3) is 0.143. The van der Waals surface area contributed by atoms with Gasteiger partial charge >= 0.3 is 0 Å². The Hall–Kier alpha value is -1.65. The molecular weight excluding hydrogens is 278 g/mol. The number of nitrogens with one attached hydrogen (secondary N) is 1. The van der Waals surface area contributed by atoms with Crippen LogP contribution >= 0.6 is 22.9 Å². The van der Waals surface area contributed by atoms with Gasteiger partial charge < -0.3 is 5.32 Å². The third kappa shape index (κ3) is 2.55. The van der Waals surface area contributed by atoms with Crippen LogP contribution in [-0.4, -0.2) is 9.97 Å². The number of pyridine rings is 1. The molecule has 2 aromatic heterocycles. The molecule has 0 spiro atoms. The number of rotatable bonds is 3. The van der Waals surface area contributed by atoms with Gasteiger partial charge in [0.2, 0.25) is 0 Å². The molecule has 0 bridgehead atoms. The fourth-order valence-corrected chi connectivity index (χ4v) is 2.76. The highest BCUT2D eigenvalue weighted by Gasteiger charge is 2.08. The van der Waals surface area contributed by atoms with Crippen LogP contribution in [0.5, 0.6) is 0 Å². The zero-order valence-electron chi connectivity index (χ0n) is 10.4. The topological polar surface area (TPSA) is 37.8 Å². The summed E-state index contributed by atoms with van der Waals surface area (Å²) >= 11 is 7.84. The third-order valence-corrected chi connectivity index (χ3v) is 3.98. The van der Waals surface area contributed by atoms with E-state index in [4.69, 9.17) is 11.6 Å². The smallest absolute Gasteiger partial charge is 0.106 e. The first-order valence-corrected chi connectivity index (χ1v) is 7.17. The van der Waals surface area contributed by atoms with Gasteiger partial charge in [0.1, 0.15) is 5.52 Å². The average Bonchev–Trinajstić information content (AvgIpc) is 2.88. The summed E-state index contributed by atoms with van der Waals surface area (Å²) < 4.78 is 1.13. The van der Waals surface area contributed by atoms with Crippen molar-refractivity contribution in [2.75, 3.05) is 5.32 Å². The van der Waals surface area contributed by atoms with Crippen LogP contribution in [0.15, 0.2) is 36.0 Å². The molecule has 0 aliphatic heterocycles. The molecule has 0 radical (unpaired) electrons. The molecule has 0 saturated carbocycles. The Kier molecular flexibility index (Phi) is 3.36. The molecule has 0 atom stereocenters. The maximum absolute atomic E-state index is 6.23. The van der Waals surface area contributed by atoms with E-state index in [9.17, 15) is 0 Å². The van der Waals surface area contributed by atoms with E-state index < -0.39 is 0 Å². The monoisotopic (exact) mass is 289 g/mol. The van der Waals surface area contributed by atoms with Gasteiger partial charge in [-0.25, -0.2) is 4.98 Å². The van der Waals surface area contributed by atoms with Crippen molar-refractivity contribution >= 4 is 38.8 Å². The van der Waals surface area contributed by atoms with Crippen LogP contribution in [0.2, 0.25) is 5.02 Å². The minimum Gasteiger partial charge on any atom is -0.376 e. The molecule has 0 fully saturated rings. The fourth-order valence-electron chi connectivity index (χ4n) is 1.86. The van der Waals surface area contributed by atoms with E-state index in [2.05, 4.69) is 21.4 Å². The number of aryl methyl sites for hydroxylation is 1. The molecule has 19 heavy (non-hydrogen) atoms. The summed E-state index contributed by atoms with van der Waals surface area (Å²) in [4.78, 5) is 8.72. The number of halogens is 1. The summed E-state index contributed by atoms with van der Waals surface area (Å²) in [5.41, 5.74) is 5.76. The number of aromatic nitrogens is 2. The molecule has 5 heteroatoms. The summed E-state index contributed by atoms with van der Waals surface area (Å²) in [6.07, 6.45) is 1.86. The minimum absolute atomic E-state index is 0.636. The van der Waals surface area contributed by atoms with Crippen LogP contribution in [0.3, 0.4) is 0 Å². The molecule has 1 N–H and O–H groups in total. The Morgan fingerprint density at radius 1 is 1.21 bits per heavy atom. The molecule has 3 nitrogen and oxygen atoms in total. The Morgan fingerprint density at radius 2 is 2.11 bits per heavy atom. The maximum atomic E-state index is 6.23. The minimum atomic E-state index is 0.636. The molecule has 0 aliphatic rings. The largest absolute Gasteiger partial charge is 0.376 e. The lowest BCUT2D eigenvalue weighted by Crippen LogP contribution is -2.02. The molecule has 0 unspecified atom stereocenters. The second-order valence-electron chi connectivity index (χ2n) is 4.30. The lowest BCUT2D eigenvalue weighted by molar-refractivity contribution is 1.04. The van der Waals surface area contributed by atoms with Crippen LogP contribution in [0, 0.1) is 6.92 Å². The number of nitrogens with zero attached hydrogens (tertiary/aromatic N) is 2. The Bertz CT molecular complexity index is 706. The van der Waals surface area contributed by atoms with Crippen LogP contribution < -0.4 is 5.32 Å². The molecule has 0 amide bonds. The lowest BCUT2D eigenvalue weighted by atomic mass is 10.2. The van der Waals surface area contributed by atoms with Gasteiger partial charge in [0.25, 0.3) is 0 Å². The highest BCUT2D eigenvalue weighted by molar-refractivity contribution is 7.16. The summed E-state index contributed by atoms with van der Waals surface area (Å²) in [5, 5.41) is 4.01. The molecule has 0 aliphatic carbocycles. The molecule has 3 rings (SSSR count). The number of hydrogen-bond acceptors (Lipinski definition) is 4. The SMILES string of the molecule is Cc1ccc(CNc2c(Cl)ccc3scnc23)nc1. The Balaban J connectivity index is 1.87. The highest BCUT2D eigenvalue weighted by atomic mass is 35.5. The first-order valence-electron chi connectivity index (χ1n) is 5.91. The number of hydrogen-bond donors (Lipinski definition) is 1. The van der Waals surface area contributed by atoms with E-state index in [1.165, 1.54) is 0 Å². The van der Waals surface area contributed by atoms with E-state index in [1.807, 2.05) is 36.8 Å². The van der Waals surface area contributed by atoms with E-state index in [0.717, 1.165) is 27.2 Å². The highest BCUT2D eigenvalue weighted by Crippen LogP contribution is 2.32. The molecule has 3 aromatic rings. The molecular formula is C14H12ClN3S. The van der Waals surface area contributed by atoms with Gasteiger partial charge in [0.15, 0.2) is 0 Å². The van der Waals surface area contributed by atoms with Crippen molar-refractivity contribution in [2.45, 2.75) is 13.5 Å². The molecule has 96 valence electrons. The number of anilines is 1. The van der Waals surface area contributed by atoms with Crippen LogP contribution in [-0.2, 0) is 6.54 Å². The van der Waals surface area contributed by atoms with E-state index >= 15 is 0 Å². The molecule has 0 saturated heterocycles. The predicted octanol–water partition coefficient (Wildman–Crippen LogP) is 4.27. The average molecular weight is 290 g/mol. The van der Waals surface area contributed by atoms with Gasteiger partial charge in [0.05, 0.1) is 33.2 Å². The van der Waals surface area contributed by atoms with Crippen molar-refractivity contribution in [3.05, 3.63) is 52.3 Å². The van der Waals surface area contributed by atoms with Crippen molar-refractivity contribution in [2.24, 2.45) is 0 Å². The van der Waals surface area contributed by atoms with Crippen LogP contribution in [0.4, 0.5) is 5.69 Å². The second-order valence-corrected chi connectivity index (χ2v) is 5.60. The first-order chi connectivity index (χ1) is 9.24. The zero-order chi connectivity index (χ0) is 13.2. The Labute approximate surface area is 120 Å². The summed E-state index contributed by atoms with van der Waals surface area (Å²) in [6.45, 7) is 2.66. The molecule has 1 aromatic carbocycles. The lowest BCUT2D eigenvalue weighted by Gasteiger charge is -2.09. The number of benzene rings is 1. The zero-order valence-corrected chi connectivity index (χ0v) is 11.9. The summed E-state index contributed by atoms with van der Waals surface area (Å²) in [6, 6.07) is 7.95. The quantitative estimate of drug-likeness (QED) is 0.782. The van der Waals surface area contributed by atoms with Crippen molar-refractivity contribution in [3.8, 4) is 0 Å². The first kappa shape index (κ1) is 12.4. The van der Waals surface area contributed by atoms with E-state index in [0.29, 0.717) is 11.6 Å². The number of fused-ring (bicyclic) bond motifs is 1. The van der Waals surface area contributed by atoms with Gasteiger partial charge in [-0.2, -0.15) is 0 Å². The van der Waals surface area contributed by atoms with Crippen LogP contribution in [0.1, 0.15) is 11.3 Å². The van der Waals surface area contributed by atoms with Gasteiger partial charge in [-0.3, -0.25) is 4.98 Å². The Morgan fingerprint density at radius 3 is 2.89 bits per heavy atom. The molecule has 2 heterocycles. The van der Waals surface area contributed by atoms with Crippen molar-refractivity contribution in [1.82, 2.24) is 9.97 Å². The standard InChI is InChI=1S/C14H12ClN3S/c1-9-2-3-10(16-6-9)7-17-13-11(15)4-5-12-14(13)18-8-19-12/h2-6,8,17H,7H2,1H3. The van der Waals surface area contributed by atoms with Crippen molar-refractivity contribution in [1.29, 1.82) is 0 Å². The van der Waals surface area contributed by atoms with Gasteiger partial charge in [-0.15, -0.1) is 11.3 Å². The van der Waals surface area contributed by atoms with Gasteiger partial charge in [-0.1, -0.05) is 17.7 Å². The second kappa shape index (κ2) is 5.15. The van der Waals surface area contributed by atoms with Crippen molar-refractivity contribution in [3.63, 3.8) is 0 Å². The van der Waals surface area contributed by atoms with Crippen molar-refractivity contribution < 1.29 is 0 Å². The summed E-state index contributed by atoms with van der Waals surface area (Å²) in [7, 11) is 0. The maximum Gasteiger partial charge on any atom is 0.106 e. The predicted molar refractivity (Wildman–Crippen MR) is 80.9 cm³/mol. The van der Waals surface area contributed by atoms with Gasteiger partial charge in [0, 0.05) is 6.20 Å². The number of thiazole rings is 1. The summed E-state index contributed by atoms with van der Waals surface area (Å²) in [5.74, 6) is 0. The van der Waals surface area contributed by atoms with E-state index in [1.54, 1.807) is 11.3 Å². The van der Waals surface area contributed by atoms with Crippen LogP contribution in [0.25, 0.3) is 10.2 Å². The van der Waals surface area contributed by atoms with E-state index in [-0.39, 0.29) is 0 Å². The van der Waals surface area contributed by atoms with Gasteiger partial charge in [-0.05, 0) is 30.7 Å².